The van der Waals surface area contributed by atoms with E-state index in [4.69, 9.17) is 5.26 Å². The van der Waals surface area contributed by atoms with Crippen LogP contribution >= 0.6 is 0 Å². The van der Waals surface area contributed by atoms with Crippen LogP contribution in [0.5, 0.6) is 0 Å². The number of anilines is 1. The Morgan fingerprint density at radius 1 is 1.10 bits per heavy atom. The number of hydrogen-bond donors (Lipinski definition) is 1. The molecular weight excluding hydrogens is 284 g/mol. The Morgan fingerprint density at radius 3 is 2.48 bits per heavy atom. The summed E-state index contributed by atoms with van der Waals surface area (Å²) in [6, 6.07) is 10.4. The molecule has 0 atom stereocenters. The van der Waals surface area contributed by atoms with E-state index in [2.05, 4.69) is 5.32 Å². The van der Waals surface area contributed by atoms with Crippen molar-refractivity contribution in [2.75, 3.05) is 5.32 Å². The second-order valence-electron chi connectivity index (χ2n) is 4.31. The molecule has 2 rings (SSSR count). The fourth-order valence-corrected chi connectivity index (χ4v) is 1.89. The molecule has 1 N–H and O–H groups in total. The lowest BCUT2D eigenvalue weighted by Crippen LogP contribution is -2.11. The number of nitrogens with zero attached hydrogens (tertiary/aromatic N) is 1. The first-order chi connectivity index (χ1) is 9.91. The molecule has 0 spiro atoms. The number of nitriles is 1. The lowest BCUT2D eigenvalue weighted by molar-refractivity contribution is -0.136. The lowest BCUT2D eigenvalue weighted by atomic mass is 10.1. The van der Waals surface area contributed by atoms with Gasteiger partial charge in [-0.1, -0.05) is 12.1 Å². The maximum atomic E-state index is 13.2. The normalized spacial score (nSPS) is 11.0. The predicted molar refractivity (Wildman–Crippen MR) is 69.9 cm³/mol. The van der Waals surface area contributed by atoms with E-state index in [9.17, 15) is 17.6 Å². The van der Waals surface area contributed by atoms with Gasteiger partial charge in [0.1, 0.15) is 5.82 Å². The van der Waals surface area contributed by atoms with E-state index in [1.165, 1.54) is 24.3 Å². The van der Waals surface area contributed by atoms with Crippen molar-refractivity contribution < 1.29 is 17.6 Å². The SMILES string of the molecule is N#Cc1ccc(F)cc1CNc1ccccc1C(F)(F)F. The Balaban J connectivity index is 2.26. The van der Waals surface area contributed by atoms with Crippen LogP contribution in [0.15, 0.2) is 42.5 Å². The molecule has 0 aromatic heterocycles. The van der Waals surface area contributed by atoms with Crippen LogP contribution in [0.1, 0.15) is 16.7 Å². The molecule has 2 aromatic rings. The van der Waals surface area contributed by atoms with Gasteiger partial charge in [0.05, 0.1) is 17.2 Å². The summed E-state index contributed by atoms with van der Waals surface area (Å²) in [7, 11) is 0. The molecule has 6 heteroatoms. The molecule has 2 aromatic carbocycles. The zero-order valence-electron chi connectivity index (χ0n) is 10.7. The van der Waals surface area contributed by atoms with E-state index >= 15 is 0 Å². The van der Waals surface area contributed by atoms with Gasteiger partial charge in [-0.25, -0.2) is 4.39 Å². The summed E-state index contributed by atoms with van der Waals surface area (Å²) in [5.74, 6) is -0.546. The molecule has 0 aliphatic carbocycles. The van der Waals surface area contributed by atoms with Crippen LogP contribution in [-0.4, -0.2) is 0 Å². The van der Waals surface area contributed by atoms with Gasteiger partial charge in [-0.05, 0) is 35.9 Å². The number of benzene rings is 2. The van der Waals surface area contributed by atoms with Gasteiger partial charge in [0, 0.05) is 12.2 Å². The molecule has 0 aliphatic rings. The van der Waals surface area contributed by atoms with Crippen LogP contribution in [0.3, 0.4) is 0 Å². The Bertz CT molecular complexity index is 687. The standard InChI is InChI=1S/C15H10F4N2/c16-12-6-5-10(8-20)11(7-12)9-21-14-4-2-1-3-13(14)15(17,18)19/h1-7,21H,9H2. The Morgan fingerprint density at radius 2 is 1.81 bits per heavy atom. The number of nitrogens with one attached hydrogen (secondary N) is 1. The summed E-state index contributed by atoms with van der Waals surface area (Å²) >= 11 is 0. The van der Waals surface area contributed by atoms with Gasteiger partial charge in [0.25, 0.3) is 0 Å². The maximum Gasteiger partial charge on any atom is 0.418 e. The summed E-state index contributed by atoms with van der Waals surface area (Å²) in [5, 5.41) is 11.5. The number of alkyl halides is 3. The first-order valence-corrected chi connectivity index (χ1v) is 6.00. The first kappa shape index (κ1) is 14.9. The van der Waals surface area contributed by atoms with E-state index in [0.29, 0.717) is 5.56 Å². The fourth-order valence-electron chi connectivity index (χ4n) is 1.89. The minimum Gasteiger partial charge on any atom is -0.380 e. The number of rotatable bonds is 3. The molecule has 0 bridgehead atoms. The van der Waals surface area contributed by atoms with Crippen molar-refractivity contribution in [1.29, 1.82) is 5.26 Å². The number of halogens is 4. The van der Waals surface area contributed by atoms with Crippen molar-refractivity contribution in [3.63, 3.8) is 0 Å². The molecule has 0 heterocycles. The largest absolute Gasteiger partial charge is 0.418 e. The number of hydrogen-bond acceptors (Lipinski definition) is 2. The van der Waals surface area contributed by atoms with Crippen LogP contribution in [0.25, 0.3) is 0 Å². The molecule has 21 heavy (non-hydrogen) atoms. The molecule has 108 valence electrons. The van der Waals surface area contributed by atoms with Crippen LogP contribution in [0, 0.1) is 17.1 Å². The van der Waals surface area contributed by atoms with Crippen molar-refractivity contribution in [1.82, 2.24) is 0 Å². The maximum absolute atomic E-state index is 13.2. The zero-order valence-corrected chi connectivity index (χ0v) is 10.7. The summed E-state index contributed by atoms with van der Waals surface area (Å²) in [6.45, 7) is -0.0756. The third kappa shape index (κ3) is 3.51. The Labute approximate surface area is 118 Å². The van der Waals surface area contributed by atoms with Gasteiger partial charge >= 0.3 is 6.18 Å². The van der Waals surface area contributed by atoms with Crippen molar-refractivity contribution in [2.45, 2.75) is 12.7 Å². The van der Waals surface area contributed by atoms with Crippen LogP contribution in [0.2, 0.25) is 0 Å². The molecule has 0 radical (unpaired) electrons. The highest BCUT2D eigenvalue weighted by Crippen LogP contribution is 2.34. The van der Waals surface area contributed by atoms with Gasteiger partial charge < -0.3 is 5.32 Å². The summed E-state index contributed by atoms with van der Waals surface area (Å²) in [5.41, 5.74) is -0.402. The minimum atomic E-state index is -4.48. The van der Waals surface area contributed by atoms with Crippen molar-refractivity contribution >= 4 is 5.69 Å². The average molecular weight is 294 g/mol. The molecule has 0 saturated carbocycles. The molecule has 0 amide bonds. The highest BCUT2D eigenvalue weighted by molar-refractivity contribution is 5.53. The summed E-state index contributed by atoms with van der Waals surface area (Å²) in [4.78, 5) is 0. The highest BCUT2D eigenvalue weighted by Gasteiger charge is 2.33. The molecular formula is C15H10F4N2. The zero-order chi connectivity index (χ0) is 15.5. The van der Waals surface area contributed by atoms with E-state index in [-0.39, 0.29) is 17.8 Å². The second-order valence-corrected chi connectivity index (χ2v) is 4.31. The molecule has 0 unspecified atom stereocenters. The third-order valence-electron chi connectivity index (χ3n) is 2.89. The summed E-state index contributed by atoms with van der Waals surface area (Å²) < 4.78 is 51.7. The predicted octanol–water partition coefficient (Wildman–Crippen LogP) is 4.33. The van der Waals surface area contributed by atoms with E-state index in [1.54, 1.807) is 0 Å². The van der Waals surface area contributed by atoms with Crippen LogP contribution in [-0.2, 0) is 12.7 Å². The van der Waals surface area contributed by atoms with Gasteiger partial charge in [0.2, 0.25) is 0 Å². The number of para-hydroxylation sites is 1. The van der Waals surface area contributed by atoms with Crippen molar-refractivity contribution in [3.05, 3.63) is 65.0 Å². The average Bonchev–Trinajstić information content (AvgIpc) is 2.44. The smallest absolute Gasteiger partial charge is 0.380 e. The Hall–Kier alpha value is -2.55. The monoisotopic (exact) mass is 294 g/mol. The van der Waals surface area contributed by atoms with E-state index in [1.807, 2.05) is 6.07 Å². The highest BCUT2D eigenvalue weighted by atomic mass is 19.4. The van der Waals surface area contributed by atoms with Crippen LogP contribution < -0.4 is 5.32 Å². The molecule has 2 nitrogen and oxygen atoms in total. The van der Waals surface area contributed by atoms with Crippen molar-refractivity contribution in [3.8, 4) is 6.07 Å². The van der Waals surface area contributed by atoms with Crippen molar-refractivity contribution in [2.24, 2.45) is 0 Å². The van der Waals surface area contributed by atoms with Crippen LogP contribution in [0.4, 0.5) is 23.2 Å². The van der Waals surface area contributed by atoms with E-state index < -0.39 is 17.6 Å². The van der Waals surface area contributed by atoms with Gasteiger partial charge in [0.15, 0.2) is 0 Å². The molecule has 0 aliphatic heterocycles. The van der Waals surface area contributed by atoms with Gasteiger partial charge in [-0.15, -0.1) is 0 Å². The quantitative estimate of drug-likeness (QED) is 0.855. The van der Waals surface area contributed by atoms with E-state index in [0.717, 1.165) is 18.2 Å². The summed E-state index contributed by atoms with van der Waals surface area (Å²) in [6.07, 6.45) is -4.48. The first-order valence-electron chi connectivity index (χ1n) is 6.00. The fraction of sp³-hybridized carbons (Fsp3) is 0.133. The second kappa shape index (κ2) is 5.83. The topological polar surface area (TPSA) is 35.8 Å². The lowest BCUT2D eigenvalue weighted by Gasteiger charge is -2.14. The van der Waals surface area contributed by atoms with Gasteiger partial charge in [-0.2, -0.15) is 18.4 Å². The molecule has 0 fully saturated rings. The molecule has 0 saturated heterocycles. The van der Waals surface area contributed by atoms with Gasteiger partial charge in [-0.3, -0.25) is 0 Å². The third-order valence-corrected chi connectivity index (χ3v) is 2.89. The minimum absolute atomic E-state index is 0.0756. The Kier molecular flexibility index (Phi) is 4.13.